The first-order valence-electron chi connectivity index (χ1n) is 8.11. The Morgan fingerprint density at radius 1 is 1.17 bits per heavy atom. The van der Waals surface area contributed by atoms with Crippen molar-refractivity contribution in [2.45, 2.75) is 40.3 Å². The quantitative estimate of drug-likeness (QED) is 0.850. The fourth-order valence-electron chi connectivity index (χ4n) is 2.87. The van der Waals surface area contributed by atoms with Crippen molar-refractivity contribution in [3.05, 3.63) is 63.7 Å². The molecular formula is C20H25ClN2O. The van der Waals surface area contributed by atoms with Crippen LogP contribution in [-0.2, 0) is 11.3 Å². The number of halogens is 1. The number of anilines is 1. The molecular weight excluding hydrogens is 320 g/mol. The van der Waals surface area contributed by atoms with Crippen LogP contribution in [0.5, 0.6) is 0 Å². The van der Waals surface area contributed by atoms with Crippen molar-refractivity contribution in [1.82, 2.24) is 4.90 Å². The zero-order valence-corrected chi connectivity index (χ0v) is 15.7. The highest BCUT2D eigenvalue weighted by Gasteiger charge is 2.19. The lowest BCUT2D eigenvalue weighted by atomic mass is 10.0. The Morgan fingerprint density at radius 2 is 1.79 bits per heavy atom. The fourth-order valence-corrected chi connectivity index (χ4v) is 3.08. The molecule has 4 heteroatoms. The third-order valence-corrected chi connectivity index (χ3v) is 4.52. The molecule has 0 spiro atoms. The summed E-state index contributed by atoms with van der Waals surface area (Å²) in [6.45, 7) is 8.69. The predicted octanol–water partition coefficient (Wildman–Crippen LogP) is 4.72. The molecule has 2 aromatic rings. The molecule has 1 amide bonds. The van der Waals surface area contributed by atoms with Gasteiger partial charge in [0.05, 0.1) is 6.04 Å². The van der Waals surface area contributed by atoms with Gasteiger partial charge in [-0.2, -0.15) is 0 Å². The Hall–Kier alpha value is -1.84. The summed E-state index contributed by atoms with van der Waals surface area (Å²) in [5.41, 5.74) is 5.38. The van der Waals surface area contributed by atoms with Crippen molar-refractivity contribution in [3.8, 4) is 0 Å². The van der Waals surface area contributed by atoms with Crippen molar-refractivity contribution < 1.29 is 4.79 Å². The second-order valence-electron chi connectivity index (χ2n) is 6.48. The summed E-state index contributed by atoms with van der Waals surface area (Å²) in [6, 6.07) is 11.6. The summed E-state index contributed by atoms with van der Waals surface area (Å²) in [6.07, 6.45) is 0. The van der Waals surface area contributed by atoms with Crippen LogP contribution in [0.25, 0.3) is 0 Å². The van der Waals surface area contributed by atoms with Crippen LogP contribution >= 0.6 is 11.6 Å². The predicted molar refractivity (Wildman–Crippen MR) is 102 cm³/mol. The van der Waals surface area contributed by atoms with Gasteiger partial charge >= 0.3 is 0 Å². The maximum absolute atomic E-state index is 12.6. The average molecular weight is 345 g/mol. The summed E-state index contributed by atoms with van der Waals surface area (Å²) < 4.78 is 0. The first-order chi connectivity index (χ1) is 11.3. The van der Waals surface area contributed by atoms with E-state index in [0.717, 1.165) is 22.4 Å². The largest absolute Gasteiger partial charge is 0.324 e. The van der Waals surface area contributed by atoms with Gasteiger partial charge in [-0.15, -0.1) is 0 Å². The van der Waals surface area contributed by atoms with Crippen LogP contribution in [-0.4, -0.2) is 23.9 Å². The third kappa shape index (κ3) is 4.59. The van der Waals surface area contributed by atoms with E-state index >= 15 is 0 Å². The van der Waals surface area contributed by atoms with Gasteiger partial charge < -0.3 is 5.32 Å². The highest BCUT2D eigenvalue weighted by atomic mass is 35.5. The van der Waals surface area contributed by atoms with E-state index < -0.39 is 0 Å². The SMILES string of the molecule is Cc1cc(C)c(NC(=O)[C@@H](C)N(C)Cc2cccc(Cl)c2)c(C)c1. The van der Waals surface area contributed by atoms with Gasteiger partial charge in [-0.05, 0) is 63.6 Å². The Kier molecular flexibility index (Phi) is 6.03. The molecule has 2 aromatic carbocycles. The van der Waals surface area contributed by atoms with E-state index in [2.05, 4.69) is 24.4 Å². The first kappa shape index (κ1) is 18.5. The summed E-state index contributed by atoms with van der Waals surface area (Å²) in [5, 5.41) is 3.79. The molecule has 0 saturated carbocycles. The molecule has 1 N–H and O–H groups in total. The first-order valence-corrected chi connectivity index (χ1v) is 8.49. The number of aryl methyl sites for hydroxylation is 3. The number of likely N-dealkylation sites (N-methyl/N-ethyl adjacent to an activating group) is 1. The van der Waals surface area contributed by atoms with Gasteiger partial charge in [0.1, 0.15) is 0 Å². The highest BCUT2D eigenvalue weighted by Crippen LogP contribution is 2.22. The number of hydrogen-bond acceptors (Lipinski definition) is 2. The standard InChI is InChI=1S/C20H25ClN2O/c1-13-9-14(2)19(15(3)10-13)22-20(24)16(4)23(5)12-17-7-6-8-18(21)11-17/h6-11,16H,12H2,1-5H3,(H,22,24)/t16-/m1/s1. The minimum Gasteiger partial charge on any atom is -0.324 e. The number of hydrogen-bond donors (Lipinski definition) is 1. The Balaban J connectivity index is 2.06. The van der Waals surface area contributed by atoms with E-state index in [1.165, 1.54) is 5.56 Å². The van der Waals surface area contributed by atoms with Gasteiger partial charge in [0.15, 0.2) is 0 Å². The zero-order chi connectivity index (χ0) is 17.9. The third-order valence-electron chi connectivity index (χ3n) is 4.29. The molecule has 1 atom stereocenters. The van der Waals surface area contributed by atoms with Crippen molar-refractivity contribution in [2.24, 2.45) is 0 Å². The normalized spacial score (nSPS) is 12.3. The lowest BCUT2D eigenvalue weighted by Gasteiger charge is -2.25. The van der Waals surface area contributed by atoms with Crippen LogP contribution in [0.2, 0.25) is 5.02 Å². The average Bonchev–Trinajstić information content (AvgIpc) is 2.49. The Bertz CT molecular complexity index is 719. The number of benzene rings is 2. The molecule has 0 aliphatic heterocycles. The maximum atomic E-state index is 12.6. The van der Waals surface area contributed by atoms with Gasteiger partial charge in [0, 0.05) is 17.3 Å². The van der Waals surface area contributed by atoms with E-state index in [1.54, 1.807) is 0 Å². The molecule has 0 unspecified atom stereocenters. The minimum atomic E-state index is -0.246. The smallest absolute Gasteiger partial charge is 0.241 e. The lowest BCUT2D eigenvalue weighted by molar-refractivity contribution is -0.120. The van der Waals surface area contributed by atoms with E-state index in [-0.39, 0.29) is 11.9 Å². The zero-order valence-electron chi connectivity index (χ0n) is 15.0. The van der Waals surface area contributed by atoms with Crippen molar-refractivity contribution in [2.75, 3.05) is 12.4 Å². The van der Waals surface area contributed by atoms with Crippen LogP contribution in [0.4, 0.5) is 5.69 Å². The van der Waals surface area contributed by atoms with Crippen LogP contribution in [0, 0.1) is 20.8 Å². The van der Waals surface area contributed by atoms with Crippen molar-refractivity contribution in [1.29, 1.82) is 0 Å². The van der Waals surface area contributed by atoms with E-state index in [9.17, 15) is 4.79 Å². The summed E-state index contributed by atoms with van der Waals surface area (Å²) >= 11 is 6.03. The molecule has 0 heterocycles. The second kappa shape index (κ2) is 7.82. The number of nitrogens with one attached hydrogen (secondary N) is 1. The van der Waals surface area contributed by atoms with Gasteiger partial charge in [-0.1, -0.05) is 41.4 Å². The van der Waals surface area contributed by atoms with E-state index in [4.69, 9.17) is 11.6 Å². The molecule has 0 aliphatic carbocycles. The Morgan fingerprint density at radius 3 is 2.38 bits per heavy atom. The Labute approximate surface area is 149 Å². The molecule has 0 aliphatic rings. The molecule has 0 saturated heterocycles. The molecule has 128 valence electrons. The van der Waals surface area contributed by atoms with E-state index in [0.29, 0.717) is 11.6 Å². The van der Waals surface area contributed by atoms with Crippen LogP contribution in [0.1, 0.15) is 29.2 Å². The molecule has 0 bridgehead atoms. The van der Waals surface area contributed by atoms with Gasteiger partial charge in [0.25, 0.3) is 0 Å². The second-order valence-corrected chi connectivity index (χ2v) is 6.92. The topological polar surface area (TPSA) is 32.3 Å². The van der Waals surface area contributed by atoms with Crippen LogP contribution in [0.3, 0.4) is 0 Å². The number of nitrogens with zero attached hydrogens (tertiary/aromatic N) is 1. The summed E-state index contributed by atoms with van der Waals surface area (Å²) in [7, 11) is 1.94. The molecule has 0 fully saturated rings. The number of carbonyl (C=O) groups excluding carboxylic acids is 1. The van der Waals surface area contributed by atoms with Crippen LogP contribution < -0.4 is 5.32 Å². The van der Waals surface area contributed by atoms with Crippen LogP contribution in [0.15, 0.2) is 36.4 Å². The maximum Gasteiger partial charge on any atom is 0.241 e. The fraction of sp³-hybridized carbons (Fsp3) is 0.350. The molecule has 2 rings (SSSR count). The van der Waals surface area contributed by atoms with Gasteiger partial charge in [-0.25, -0.2) is 0 Å². The minimum absolute atomic E-state index is 0.00502. The van der Waals surface area contributed by atoms with Gasteiger partial charge in [-0.3, -0.25) is 9.69 Å². The highest BCUT2D eigenvalue weighted by molar-refractivity contribution is 6.30. The number of amides is 1. The number of rotatable bonds is 5. The monoisotopic (exact) mass is 344 g/mol. The molecule has 24 heavy (non-hydrogen) atoms. The number of carbonyl (C=O) groups is 1. The molecule has 0 aromatic heterocycles. The molecule has 3 nitrogen and oxygen atoms in total. The molecule has 0 radical (unpaired) electrons. The summed E-state index contributed by atoms with van der Waals surface area (Å²) in [5.74, 6) is -0.00502. The summed E-state index contributed by atoms with van der Waals surface area (Å²) in [4.78, 5) is 14.6. The van der Waals surface area contributed by atoms with Gasteiger partial charge in [0.2, 0.25) is 5.91 Å². The van der Waals surface area contributed by atoms with Crippen molar-refractivity contribution in [3.63, 3.8) is 0 Å². The lowest BCUT2D eigenvalue weighted by Crippen LogP contribution is -2.39. The van der Waals surface area contributed by atoms with Crippen molar-refractivity contribution >= 4 is 23.2 Å². The van der Waals surface area contributed by atoms with E-state index in [1.807, 2.05) is 57.0 Å².